The molecule has 34 heavy (non-hydrogen) atoms. The third kappa shape index (κ3) is 3.70. The Bertz CT molecular complexity index is 1480. The van der Waals surface area contributed by atoms with Crippen LogP contribution in [0.1, 0.15) is 27.4 Å². The van der Waals surface area contributed by atoms with E-state index in [-0.39, 0.29) is 5.88 Å². The number of hydrogen-bond donors (Lipinski definition) is 1. The maximum Gasteiger partial charge on any atom is 0.344 e. The van der Waals surface area contributed by atoms with Gasteiger partial charge in [-0.05, 0) is 40.6 Å². The number of carbonyl (C=O) groups excluding carboxylic acids is 1. The average molecular weight is 448 g/mol. The summed E-state index contributed by atoms with van der Waals surface area (Å²) in [5.74, 6) is 0.595. The van der Waals surface area contributed by atoms with Gasteiger partial charge in [0.2, 0.25) is 5.88 Å². The smallest absolute Gasteiger partial charge is 0.344 e. The highest BCUT2D eigenvalue weighted by molar-refractivity contribution is 6.05. The lowest BCUT2D eigenvalue weighted by Gasteiger charge is -2.26. The van der Waals surface area contributed by atoms with E-state index in [4.69, 9.17) is 19.9 Å². The molecule has 0 fully saturated rings. The highest BCUT2D eigenvalue weighted by Gasteiger charge is 2.31. The van der Waals surface area contributed by atoms with Crippen molar-refractivity contribution in [1.82, 2.24) is 0 Å². The molecule has 2 N–H and O–H groups in total. The molecule has 0 saturated heterocycles. The van der Waals surface area contributed by atoms with Crippen LogP contribution in [0, 0.1) is 11.3 Å². The molecule has 0 aromatic heterocycles. The van der Waals surface area contributed by atoms with E-state index >= 15 is 0 Å². The van der Waals surface area contributed by atoms with Crippen molar-refractivity contribution < 1.29 is 19.0 Å². The zero-order valence-electron chi connectivity index (χ0n) is 18.3. The third-order valence-electron chi connectivity index (χ3n) is 5.86. The first-order chi connectivity index (χ1) is 16.6. The minimum absolute atomic E-state index is 0.0216. The highest BCUT2D eigenvalue weighted by Crippen LogP contribution is 2.43. The lowest BCUT2D eigenvalue weighted by Crippen LogP contribution is -2.21. The number of carbonyl (C=O) groups is 1. The predicted octanol–water partition coefficient (Wildman–Crippen LogP) is 5.29. The molecule has 1 heterocycles. The van der Waals surface area contributed by atoms with Gasteiger partial charge in [0.05, 0.1) is 18.6 Å². The average Bonchev–Trinajstić information content (AvgIpc) is 2.87. The number of nitrogens with zero attached hydrogens (tertiary/aromatic N) is 1. The lowest BCUT2D eigenvalue weighted by molar-refractivity contribution is 0.0736. The van der Waals surface area contributed by atoms with E-state index in [0.717, 1.165) is 21.9 Å². The Balaban J connectivity index is 1.49. The van der Waals surface area contributed by atoms with Crippen LogP contribution in [0.25, 0.3) is 10.8 Å². The minimum Gasteiger partial charge on any atom is -0.497 e. The zero-order chi connectivity index (χ0) is 23.7. The summed E-state index contributed by atoms with van der Waals surface area (Å²) in [6.45, 7) is 0. The SMILES string of the molecule is COc1ccc([C@H]2C(C#N)=C(N)Oc3cc(OC(=O)c4cccc5ccccc45)ccc32)cc1. The summed E-state index contributed by atoms with van der Waals surface area (Å²) in [4.78, 5) is 13.0. The molecule has 1 atom stereocenters. The second kappa shape index (κ2) is 8.64. The maximum absolute atomic E-state index is 13.0. The Hall–Kier alpha value is -4.76. The summed E-state index contributed by atoms with van der Waals surface area (Å²) >= 11 is 0. The number of nitrogens with two attached hydrogens (primary N) is 1. The normalized spacial score (nSPS) is 14.6. The van der Waals surface area contributed by atoms with E-state index in [0.29, 0.717) is 28.4 Å². The fraction of sp³-hybridized carbons (Fsp3) is 0.0714. The third-order valence-corrected chi connectivity index (χ3v) is 5.86. The molecule has 0 radical (unpaired) electrons. The van der Waals surface area contributed by atoms with Crippen molar-refractivity contribution in [3.05, 3.63) is 113 Å². The summed E-state index contributed by atoms with van der Waals surface area (Å²) in [5.41, 5.74) is 8.50. The van der Waals surface area contributed by atoms with Gasteiger partial charge in [0, 0.05) is 11.6 Å². The highest BCUT2D eigenvalue weighted by atomic mass is 16.5. The van der Waals surface area contributed by atoms with Gasteiger partial charge < -0.3 is 19.9 Å². The van der Waals surface area contributed by atoms with E-state index in [9.17, 15) is 10.1 Å². The largest absolute Gasteiger partial charge is 0.497 e. The Morgan fingerprint density at radius 2 is 1.71 bits per heavy atom. The fourth-order valence-corrected chi connectivity index (χ4v) is 4.20. The van der Waals surface area contributed by atoms with Gasteiger partial charge in [-0.1, -0.05) is 54.6 Å². The molecule has 166 valence electrons. The van der Waals surface area contributed by atoms with Gasteiger partial charge in [-0.2, -0.15) is 5.26 Å². The van der Waals surface area contributed by atoms with Crippen molar-refractivity contribution in [2.45, 2.75) is 5.92 Å². The number of rotatable bonds is 4. The molecule has 6 heteroatoms. The summed E-state index contributed by atoms with van der Waals surface area (Å²) in [7, 11) is 1.60. The van der Waals surface area contributed by atoms with Crippen LogP contribution in [0.2, 0.25) is 0 Å². The van der Waals surface area contributed by atoms with Crippen molar-refractivity contribution in [3.8, 4) is 23.3 Å². The molecule has 0 bridgehead atoms. The first-order valence-electron chi connectivity index (χ1n) is 10.6. The molecule has 4 aromatic rings. The number of hydrogen-bond acceptors (Lipinski definition) is 6. The van der Waals surface area contributed by atoms with Crippen LogP contribution in [0.4, 0.5) is 0 Å². The van der Waals surface area contributed by atoms with E-state index < -0.39 is 11.9 Å². The van der Waals surface area contributed by atoms with Crippen LogP contribution >= 0.6 is 0 Å². The quantitative estimate of drug-likeness (QED) is 0.337. The number of ether oxygens (including phenoxy) is 3. The van der Waals surface area contributed by atoms with Gasteiger partial charge >= 0.3 is 5.97 Å². The molecule has 0 spiro atoms. The van der Waals surface area contributed by atoms with Gasteiger partial charge in [-0.3, -0.25) is 0 Å². The minimum atomic E-state index is -0.472. The number of benzene rings is 4. The van der Waals surface area contributed by atoms with Crippen molar-refractivity contribution >= 4 is 16.7 Å². The van der Waals surface area contributed by atoms with Gasteiger partial charge in [-0.25, -0.2) is 4.79 Å². The molecular weight excluding hydrogens is 428 g/mol. The maximum atomic E-state index is 13.0. The summed E-state index contributed by atoms with van der Waals surface area (Å²) in [6.07, 6.45) is 0. The second-order valence-electron chi connectivity index (χ2n) is 7.81. The number of fused-ring (bicyclic) bond motifs is 2. The number of nitriles is 1. The predicted molar refractivity (Wildman–Crippen MR) is 128 cm³/mol. The lowest BCUT2D eigenvalue weighted by atomic mass is 9.83. The Morgan fingerprint density at radius 1 is 0.971 bits per heavy atom. The van der Waals surface area contributed by atoms with Crippen LogP contribution in [-0.4, -0.2) is 13.1 Å². The fourth-order valence-electron chi connectivity index (χ4n) is 4.20. The van der Waals surface area contributed by atoms with E-state index in [1.54, 1.807) is 31.4 Å². The van der Waals surface area contributed by atoms with Crippen LogP contribution in [-0.2, 0) is 0 Å². The molecule has 5 rings (SSSR count). The number of methoxy groups -OCH3 is 1. The van der Waals surface area contributed by atoms with Gasteiger partial charge in [0.1, 0.15) is 28.9 Å². The molecule has 0 amide bonds. The monoisotopic (exact) mass is 448 g/mol. The van der Waals surface area contributed by atoms with Crippen LogP contribution in [0.15, 0.2) is 96.4 Å². The molecule has 1 aliphatic heterocycles. The molecule has 6 nitrogen and oxygen atoms in total. The van der Waals surface area contributed by atoms with E-state index in [1.165, 1.54) is 0 Å². The number of esters is 1. The van der Waals surface area contributed by atoms with E-state index in [2.05, 4.69) is 6.07 Å². The summed E-state index contributed by atoms with van der Waals surface area (Å²) in [6, 6.07) is 27.8. The van der Waals surface area contributed by atoms with Crippen molar-refractivity contribution in [2.24, 2.45) is 5.73 Å². The summed E-state index contributed by atoms with van der Waals surface area (Å²) < 4.78 is 16.7. The second-order valence-corrected chi connectivity index (χ2v) is 7.81. The van der Waals surface area contributed by atoms with Gasteiger partial charge in [0.25, 0.3) is 0 Å². The molecule has 0 aliphatic carbocycles. The molecular formula is C28H20N2O4. The van der Waals surface area contributed by atoms with Crippen LogP contribution in [0.3, 0.4) is 0 Å². The number of allylic oxidation sites excluding steroid dienone is 1. The molecule has 1 aliphatic rings. The van der Waals surface area contributed by atoms with Crippen molar-refractivity contribution in [3.63, 3.8) is 0 Å². The van der Waals surface area contributed by atoms with Crippen molar-refractivity contribution in [2.75, 3.05) is 7.11 Å². The topological polar surface area (TPSA) is 94.6 Å². The van der Waals surface area contributed by atoms with E-state index in [1.807, 2.05) is 60.7 Å². The Labute approximate surface area is 196 Å². The first-order valence-corrected chi connectivity index (χ1v) is 10.6. The molecule has 0 saturated carbocycles. The van der Waals surface area contributed by atoms with Gasteiger partial charge in [-0.15, -0.1) is 0 Å². The molecule has 0 unspecified atom stereocenters. The van der Waals surface area contributed by atoms with Crippen LogP contribution in [0.5, 0.6) is 17.2 Å². The zero-order valence-corrected chi connectivity index (χ0v) is 18.3. The first kappa shape index (κ1) is 21.1. The van der Waals surface area contributed by atoms with Crippen LogP contribution < -0.4 is 19.9 Å². The Kier molecular flexibility index (Phi) is 5.36. The standard InChI is InChI=1S/C28H20N2O4/c1-32-19-11-9-18(10-12-19)26-23-14-13-20(15-25(23)34-27(30)24(26)16-29)33-28(31)22-8-4-6-17-5-2-3-7-21(17)22/h2-15,26H,30H2,1H3/t26-/m1/s1. The van der Waals surface area contributed by atoms with Gasteiger partial charge in [0.15, 0.2) is 0 Å². The molecule has 4 aromatic carbocycles. The van der Waals surface area contributed by atoms with Crippen molar-refractivity contribution in [1.29, 1.82) is 5.26 Å². The Morgan fingerprint density at radius 3 is 2.47 bits per heavy atom. The summed E-state index contributed by atoms with van der Waals surface area (Å²) in [5, 5.41) is 11.5.